The summed E-state index contributed by atoms with van der Waals surface area (Å²) in [6, 6.07) is 17.4. The number of carbonyl (C=O) groups is 2. The predicted molar refractivity (Wildman–Crippen MR) is 124 cm³/mol. The Morgan fingerprint density at radius 3 is 2.19 bits per heavy atom. The molecule has 0 unspecified atom stereocenters. The van der Waals surface area contributed by atoms with Crippen molar-refractivity contribution in [1.29, 1.82) is 0 Å². The minimum Gasteiger partial charge on any atom is -0.368 e. The Hall–Kier alpha value is -2.57. The van der Waals surface area contributed by atoms with Crippen LogP contribution in [0, 0.1) is 5.92 Å². The third-order valence-corrected chi connectivity index (χ3v) is 6.50. The molecule has 0 bridgehead atoms. The van der Waals surface area contributed by atoms with Crippen molar-refractivity contribution in [2.75, 3.05) is 56.0 Å². The molecular formula is C24H29ClN4O2. The Bertz CT molecular complexity index is 891. The molecule has 2 aromatic rings. The second-order valence-corrected chi connectivity index (χ2v) is 8.63. The summed E-state index contributed by atoms with van der Waals surface area (Å²) in [4.78, 5) is 31.7. The van der Waals surface area contributed by atoms with Crippen molar-refractivity contribution >= 4 is 34.8 Å². The topological polar surface area (TPSA) is 55.9 Å². The average molecular weight is 441 g/mol. The van der Waals surface area contributed by atoms with Gasteiger partial charge in [0.1, 0.15) is 0 Å². The summed E-state index contributed by atoms with van der Waals surface area (Å²) in [6.45, 7) is 5.13. The number of likely N-dealkylation sites (tertiary alicyclic amines) is 1. The quantitative estimate of drug-likeness (QED) is 0.774. The number of hydrogen-bond acceptors (Lipinski definition) is 4. The van der Waals surface area contributed by atoms with E-state index in [1.165, 1.54) is 0 Å². The van der Waals surface area contributed by atoms with E-state index in [-0.39, 0.29) is 17.7 Å². The molecule has 2 aliphatic heterocycles. The van der Waals surface area contributed by atoms with Crippen molar-refractivity contribution in [2.45, 2.75) is 12.8 Å². The maximum atomic E-state index is 12.8. The summed E-state index contributed by atoms with van der Waals surface area (Å²) in [5.74, 6) is 0.172. The van der Waals surface area contributed by atoms with Gasteiger partial charge in [0.25, 0.3) is 0 Å². The fourth-order valence-corrected chi connectivity index (χ4v) is 4.56. The van der Waals surface area contributed by atoms with Crippen molar-refractivity contribution in [3.63, 3.8) is 0 Å². The number of carbonyl (C=O) groups excluding carboxylic acids is 2. The molecule has 2 saturated heterocycles. The highest BCUT2D eigenvalue weighted by molar-refractivity contribution is 6.33. The van der Waals surface area contributed by atoms with Crippen LogP contribution >= 0.6 is 11.6 Å². The molecule has 0 aliphatic carbocycles. The van der Waals surface area contributed by atoms with Gasteiger partial charge in [-0.1, -0.05) is 41.9 Å². The SMILES string of the molecule is O=C(Nc1ccccc1)C1CCN(C(=O)CN2CCN(c3ccccc3Cl)CC2)CC1. The first-order valence-corrected chi connectivity index (χ1v) is 11.3. The van der Waals surface area contributed by atoms with E-state index >= 15 is 0 Å². The smallest absolute Gasteiger partial charge is 0.236 e. The zero-order chi connectivity index (χ0) is 21.6. The lowest BCUT2D eigenvalue weighted by molar-refractivity contribution is -0.135. The molecule has 0 radical (unpaired) electrons. The zero-order valence-electron chi connectivity index (χ0n) is 17.7. The van der Waals surface area contributed by atoms with E-state index in [4.69, 9.17) is 11.6 Å². The van der Waals surface area contributed by atoms with Gasteiger partial charge in [-0.3, -0.25) is 14.5 Å². The number of hydrogen-bond donors (Lipinski definition) is 1. The van der Waals surface area contributed by atoms with Gasteiger partial charge in [-0.25, -0.2) is 0 Å². The Morgan fingerprint density at radius 1 is 0.871 bits per heavy atom. The molecule has 0 atom stereocenters. The highest BCUT2D eigenvalue weighted by atomic mass is 35.5. The van der Waals surface area contributed by atoms with Gasteiger partial charge in [0.05, 0.1) is 17.3 Å². The second-order valence-electron chi connectivity index (χ2n) is 8.22. The largest absolute Gasteiger partial charge is 0.368 e. The van der Waals surface area contributed by atoms with E-state index < -0.39 is 0 Å². The number of piperazine rings is 1. The standard InChI is InChI=1S/C24H29ClN4O2/c25-21-8-4-5-9-22(21)28-16-14-27(15-17-28)18-23(30)29-12-10-19(11-13-29)24(31)26-20-6-2-1-3-7-20/h1-9,19H,10-18H2,(H,26,31). The van der Waals surface area contributed by atoms with Crippen molar-refractivity contribution in [1.82, 2.24) is 9.80 Å². The fourth-order valence-electron chi connectivity index (χ4n) is 4.30. The third kappa shape index (κ3) is 5.57. The monoisotopic (exact) mass is 440 g/mol. The van der Waals surface area contributed by atoms with Gasteiger partial charge in [0, 0.05) is 50.9 Å². The van der Waals surface area contributed by atoms with Crippen LogP contribution in [0.2, 0.25) is 5.02 Å². The van der Waals surface area contributed by atoms with E-state index in [2.05, 4.69) is 15.1 Å². The van der Waals surface area contributed by atoms with Gasteiger partial charge < -0.3 is 15.1 Å². The molecule has 2 aliphatic rings. The number of piperidine rings is 1. The molecule has 6 nitrogen and oxygen atoms in total. The number of benzene rings is 2. The van der Waals surface area contributed by atoms with Crippen molar-refractivity contribution in [3.8, 4) is 0 Å². The lowest BCUT2D eigenvalue weighted by Gasteiger charge is -2.38. The molecular weight excluding hydrogens is 412 g/mol. The Kier molecular flexibility index (Phi) is 7.10. The van der Waals surface area contributed by atoms with Crippen LogP contribution in [-0.2, 0) is 9.59 Å². The van der Waals surface area contributed by atoms with E-state index in [0.717, 1.165) is 42.6 Å². The molecule has 2 heterocycles. The third-order valence-electron chi connectivity index (χ3n) is 6.18. The van der Waals surface area contributed by atoms with Gasteiger partial charge in [0.15, 0.2) is 0 Å². The highest BCUT2D eigenvalue weighted by Gasteiger charge is 2.29. The van der Waals surface area contributed by atoms with Crippen LogP contribution in [0.5, 0.6) is 0 Å². The van der Waals surface area contributed by atoms with Gasteiger partial charge in [-0.15, -0.1) is 0 Å². The Labute approximate surface area is 188 Å². The molecule has 2 fully saturated rings. The molecule has 4 rings (SSSR count). The molecule has 0 aromatic heterocycles. The molecule has 0 saturated carbocycles. The van der Waals surface area contributed by atoms with Crippen LogP contribution < -0.4 is 10.2 Å². The minimum atomic E-state index is -0.0385. The average Bonchev–Trinajstić information content (AvgIpc) is 2.81. The number of anilines is 2. The van der Waals surface area contributed by atoms with Crippen LogP contribution in [-0.4, -0.2) is 67.4 Å². The minimum absolute atomic E-state index is 0.0385. The van der Waals surface area contributed by atoms with Gasteiger partial charge in [0.2, 0.25) is 11.8 Å². The first-order chi connectivity index (χ1) is 15.1. The Balaban J connectivity index is 1.20. The van der Waals surface area contributed by atoms with E-state index in [0.29, 0.717) is 32.5 Å². The summed E-state index contributed by atoms with van der Waals surface area (Å²) in [7, 11) is 0. The normalized spacial score (nSPS) is 18.1. The highest BCUT2D eigenvalue weighted by Crippen LogP contribution is 2.26. The lowest BCUT2D eigenvalue weighted by atomic mass is 9.95. The number of nitrogens with zero attached hydrogens (tertiary/aromatic N) is 3. The number of nitrogens with one attached hydrogen (secondary N) is 1. The molecule has 164 valence electrons. The molecule has 1 N–H and O–H groups in total. The molecule has 0 spiro atoms. The fraction of sp³-hybridized carbons (Fsp3) is 0.417. The van der Waals surface area contributed by atoms with Crippen molar-refractivity contribution in [3.05, 3.63) is 59.6 Å². The lowest BCUT2D eigenvalue weighted by Crippen LogP contribution is -2.51. The van der Waals surface area contributed by atoms with Crippen molar-refractivity contribution in [2.24, 2.45) is 5.92 Å². The Morgan fingerprint density at radius 2 is 1.52 bits per heavy atom. The maximum absolute atomic E-state index is 12.8. The summed E-state index contributed by atoms with van der Waals surface area (Å²) in [5, 5.41) is 3.75. The maximum Gasteiger partial charge on any atom is 0.236 e. The molecule has 2 aromatic carbocycles. The number of para-hydroxylation sites is 2. The summed E-state index contributed by atoms with van der Waals surface area (Å²) in [5.41, 5.74) is 1.88. The van der Waals surface area contributed by atoms with Crippen LogP contribution in [0.1, 0.15) is 12.8 Å². The molecule has 7 heteroatoms. The second kappa shape index (κ2) is 10.2. The van der Waals surface area contributed by atoms with Gasteiger partial charge >= 0.3 is 0 Å². The van der Waals surface area contributed by atoms with Crippen LogP contribution in [0.25, 0.3) is 0 Å². The summed E-state index contributed by atoms with van der Waals surface area (Å²) in [6.07, 6.45) is 1.43. The van der Waals surface area contributed by atoms with E-state index in [9.17, 15) is 9.59 Å². The first kappa shape index (κ1) is 21.7. The van der Waals surface area contributed by atoms with E-state index in [1.54, 1.807) is 0 Å². The van der Waals surface area contributed by atoms with Crippen molar-refractivity contribution < 1.29 is 9.59 Å². The van der Waals surface area contributed by atoms with Crippen LogP contribution in [0.15, 0.2) is 54.6 Å². The predicted octanol–water partition coefficient (Wildman–Crippen LogP) is 3.34. The summed E-state index contributed by atoms with van der Waals surface area (Å²) < 4.78 is 0. The zero-order valence-corrected chi connectivity index (χ0v) is 18.4. The van der Waals surface area contributed by atoms with Crippen LogP contribution in [0.4, 0.5) is 11.4 Å². The summed E-state index contributed by atoms with van der Waals surface area (Å²) >= 11 is 6.31. The number of rotatable bonds is 5. The van der Waals surface area contributed by atoms with Gasteiger partial charge in [-0.2, -0.15) is 0 Å². The van der Waals surface area contributed by atoms with E-state index in [1.807, 2.05) is 59.5 Å². The first-order valence-electron chi connectivity index (χ1n) is 11.0. The van der Waals surface area contributed by atoms with Crippen LogP contribution in [0.3, 0.4) is 0 Å². The molecule has 31 heavy (non-hydrogen) atoms. The molecule has 2 amide bonds. The number of amides is 2. The number of halogens is 1. The van der Waals surface area contributed by atoms with Gasteiger partial charge in [-0.05, 0) is 37.1 Å².